The number of halogens is 1. The van der Waals surface area contributed by atoms with E-state index >= 15 is 0 Å². The number of benzene rings is 3. The first-order valence-corrected chi connectivity index (χ1v) is 14.1. The van der Waals surface area contributed by atoms with Crippen molar-refractivity contribution in [3.63, 3.8) is 0 Å². The summed E-state index contributed by atoms with van der Waals surface area (Å²) in [5.41, 5.74) is 2.14. The van der Waals surface area contributed by atoms with Crippen molar-refractivity contribution >= 4 is 61.4 Å². The van der Waals surface area contributed by atoms with Crippen LogP contribution in [-0.2, 0) is 20.6 Å². The minimum absolute atomic E-state index is 0.0719. The molecule has 0 radical (unpaired) electrons. The zero-order valence-corrected chi connectivity index (χ0v) is 21.8. The first kappa shape index (κ1) is 25.2. The maximum atomic E-state index is 13.5. The molecule has 11 heteroatoms. The lowest BCUT2D eigenvalue weighted by atomic mass is 10.2. The van der Waals surface area contributed by atoms with E-state index in [0.717, 1.165) is 15.6 Å². The van der Waals surface area contributed by atoms with Crippen LogP contribution < -0.4 is 9.62 Å². The number of anilines is 2. The van der Waals surface area contributed by atoms with Gasteiger partial charge in [-0.05, 0) is 42.3 Å². The van der Waals surface area contributed by atoms with E-state index in [1.54, 1.807) is 37.3 Å². The van der Waals surface area contributed by atoms with Crippen LogP contribution in [-0.4, -0.2) is 31.1 Å². The fraction of sp³-hybridized carbons (Fsp3) is 0.125. The zero-order chi connectivity index (χ0) is 24.8. The number of nitrogens with zero attached hydrogens (tertiary/aromatic N) is 3. The molecular weight excluding hydrogens is 524 g/mol. The summed E-state index contributed by atoms with van der Waals surface area (Å²) in [5, 5.41) is 11.5. The number of carbonyl (C=O) groups excluding carboxylic acids is 1. The van der Waals surface area contributed by atoms with Gasteiger partial charge in [-0.3, -0.25) is 14.4 Å². The third-order valence-corrected chi connectivity index (χ3v) is 8.97. The van der Waals surface area contributed by atoms with Crippen LogP contribution in [0.2, 0.25) is 5.02 Å². The van der Waals surface area contributed by atoms with Crippen LogP contribution in [0.4, 0.5) is 10.8 Å². The van der Waals surface area contributed by atoms with E-state index in [9.17, 15) is 13.2 Å². The molecule has 1 aromatic heterocycles. The minimum atomic E-state index is -4.04. The van der Waals surface area contributed by atoms with E-state index < -0.39 is 22.5 Å². The fourth-order valence-corrected chi connectivity index (χ4v) is 6.59. The fourth-order valence-electron chi connectivity index (χ4n) is 3.20. The second kappa shape index (κ2) is 11.2. The Balaban J connectivity index is 1.52. The second-order valence-electron chi connectivity index (χ2n) is 7.45. The van der Waals surface area contributed by atoms with Gasteiger partial charge in [0.2, 0.25) is 11.0 Å². The lowest BCUT2D eigenvalue weighted by Gasteiger charge is -2.25. The van der Waals surface area contributed by atoms with Crippen molar-refractivity contribution in [1.29, 1.82) is 0 Å². The summed E-state index contributed by atoms with van der Waals surface area (Å²) >= 11 is 8.90. The van der Waals surface area contributed by atoms with E-state index in [0.29, 0.717) is 25.7 Å². The maximum Gasteiger partial charge on any atom is 0.264 e. The highest BCUT2D eigenvalue weighted by Gasteiger charge is 2.28. The van der Waals surface area contributed by atoms with E-state index in [2.05, 4.69) is 15.5 Å². The number of thioether (sulfide) groups is 1. The number of nitrogens with one attached hydrogen (secondary N) is 1. The summed E-state index contributed by atoms with van der Waals surface area (Å²) in [7, 11) is -4.04. The van der Waals surface area contributed by atoms with E-state index in [1.807, 2.05) is 30.3 Å². The van der Waals surface area contributed by atoms with Crippen LogP contribution in [0.1, 0.15) is 11.1 Å². The van der Waals surface area contributed by atoms with Gasteiger partial charge in [0, 0.05) is 10.8 Å². The van der Waals surface area contributed by atoms with Crippen LogP contribution >= 0.6 is 34.7 Å². The standard InChI is InChI=1S/C24H21ClN4O3S3/c1-17-12-13-19(25)14-21(17)29(35(31,32)20-10-6-3-7-11-20)15-22(30)26-23-27-28-24(34-23)33-16-18-8-4-2-5-9-18/h2-14H,15-16H2,1H3,(H,26,27,30). The molecule has 1 heterocycles. The summed E-state index contributed by atoms with van der Waals surface area (Å²) < 4.78 is 28.7. The molecule has 0 fully saturated rings. The monoisotopic (exact) mass is 544 g/mol. The largest absolute Gasteiger partial charge is 0.299 e. The molecule has 0 aliphatic heterocycles. The molecule has 1 amide bonds. The Morgan fingerprint density at radius 1 is 1.03 bits per heavy atom. The van der Waals surface area contributed by atoms with Crippen molar-refractivity contribution in [3.05, 3.63) is 95.0 Å². The first-order valence-electron chi connectivity index (χ1n) is 10.5. The van der Waals surface area contributed by atoms with Crippen molar-refractivity contribution in [2.75, 3.05) is 16.2 Å². The Kier molecular flexibility index (Phi) is 8.07. The highest BCUT2D eigenvalue weighted by atomic mass is 35.5. The lowest BCUT2D eigenvalue weighted by Crippen LogP contribution is -2.38. The average Bonchev–Trinajstić information content (AvgIpc) is 3.31. The zero-order valence-electron chi connectivity index (χ0n) is 18.6. The summed E-state index contributed by atoms with van der Waals surface area (Å²) in [6.07, 6.45) is 0. The normalized spacial score (nSPS) is 11.3. The summed E-state index contributed by atoms with van der Waals surface area (Å²) in [4.78, 5) is 13.0. The molecule has 0 aliphatic rings. The predicted octanol–water partition coefficient (Wildman–Crippen LogP) is 5.63. The van der Waals surface area contributed by atoms with Gasteiger partial charge in [-0.1, -0.05) is 89.3 Å². The Hall–Kier alpha value is -2.92. The molecule has 0 aliphatic carbocycles. The Bertz CT molecular complexity index is 1410. The molecule has 4 rings (SSSR count). The molecule has 0 spiro atoms. The number of rotatable bonds is 9. The molecule has 0 unspecified atom stereocenters. The van der Waals surface area contributed by atoms with Crippen LogP contribution in [0, 0.1) is 6.92 Å². The predicted molar refractivity (Wildman–Crippen MR) is 142 cm³/mol. The van der Waals surface area contributed by atoms with Gasteiger partial charge in [0.1, 0.15) is 6.54 Å². The van der Waals surface area contributed by atoms with E-state index in [-0.39, 0.29) is 4.90 Å². The molecule has 35 heavy (non-hydrogen) atoms. The van der Waals surface area contributed by atoms with Crippen LogP contribution in [0.5, 0.6) is 0 Å². The Morgan fingerprint density at radius 3 is 2.43 bits per heavy atom. The number of aryl methyl sites for hydroxylation is 1. The molecule has 0 saturated carbocycles. The average molecular weight is 545 g/mol. The maximum absolute atomic E-state index is 13.5. The molecule has 4 aromatic rings. The Morgan fingerprint density at radius 2 is 1.71 bits per heavy atom. The number of hydrogen-bond acceptors (Lipinski definition) is 7. The van der Waals surface area contributed by atoms with Crippen LogP contribution in [0.3, 0.4) is 0 Å². The topological polar surface area (TPSA) is 92.3 Å². The molecule has 0 bridgehead atoms. The van der Waals surface area contributed by atoms with Crippen molar-refractivity contribution in [2.24, 2.45) is 0 Å². The third kappa shape index (κ3) is 6.40. The van der Waals surface area contributed by atoms with E-state index in [4.69, 9.17) is 11.6 Å². The number of hydrogen-bond donors (Lipinski definition) is 1. The van der Waals surface area contributed by atoms with Gasteiger partial charge in [-0.2, -0.15) is 0 Å². The molecule has 180 valence electrons. The summed E-state index contributed by atoms with van der Waals surface area (Å²) in [5.74, 6) is 0.181. The minimum Gasteiger partial charge on any atom is -0.299 e. The number of amides is 1. The third-order valence-electron chi connectivity index (χ3n) is 4.92. The number of sulfonamides is 1. The highest BCUT2D eigenvalue weighted by molar-refractivity contribution is 8.00. The second-order valence-corrected chi connectivity index (χ2v) is 11.9. The SMILES string of the molecule is Cc1ccc(Cl)cc1N(CC(=O)Nc1nnc(SCc2ccccc2)s1)S(=O)(=O)c1ccccc1. The van der Waals surface area contributed by atoms with Gasteiger partial charge in [-0.15, -0.1) is 10.2 Å². The smallest absolute Gasteiger partial charge is 0.264 e. The number of aromatic nitrogens is 2. The van der Waals surface area contributed by atoms with Crippen molar-refractivity contribution in [2.45, 2.75) is 21.9 Å². The molecule has 0 saturated heterocycles. The number of carbonyl (C=O) groups is 1. The van der Waals surface area contributed by atoms with Gasteiger partial charge in [0.05, 0.1) is 10.6 Å². The van der Waals surface area contributed by atoms with Crippen molar-refractivity contribution < 1.29 is 13.2 Å². The molecule has 1 N–H and O–H groups in total. The van der Waals surface area contributed by atoms with Gasteiger partial charge in [-0.25, -0.2) is 8.42 Å². The van der Waals surface area contributed by atoms with E-state index in [1.165, 1.54) is 41.3 Å². The van der Waals surface area contributed by atoms with Gasteiger partial charge in [0.15, 0.2) is 4.34 Å². The quantitative estimate of drug-likeness (QED) is 0.217. The van der Waals surface area contributed by atoms with Crippen LogP contribution in [0.15, 0.2) is 88.1 Å². The highest BCUT2D eigenvalue weighted by Crippen LogP contribution is 2.31. The molecule has 0 atom stereocenters. The summed E-state index contributed by atoms with van der Waals surface area (Å²) in [6, 6.07) is 22.8. The molecular formula is C24H21ClN4O3S3. The van der Waals surface area contributed by atoms with Crippen molar-refractivity contribution in [1.82, 2.24) is 10.2 Å². The molecule has 3 aromatic carbocycles. The Labute approximate surface area is 217 Å². The van der Waals surface area contributed by atoms with Crippen LogP contribution in [0.25, 0.3) is 0 Å². The first-order chi connectivity index (χ1) is 16.8. The van der Waals surface area contributed by atoms with Crippen molar-refractivity contribution in [3.8, 4) is 0 Å². The summed E-state index contributed by atoms with van der Waals surface area (Å²) in [6.45, 7) is 1.31. The van der Waals surface area contributed by atoms with Gasteiger partial charge >= 0.3 is 0 Å². The van der Waals surface area contributed by atoms with Gasteiger partial charge in [0.25, 0.3) is 10.0 Å². The van der Waals surface area contributed by atoms with Gasteiger partial charge < -0.3 is 0 Å². The lowest BCUT2D eigenvalue weighted by molar-refractivity contribution is -0.114. The molecule has 7 nitrogen and oxygen atoms in total.